The van der Waals surface area contributed by atoms with Crippen LogP contribution in [0.25, 0.3) is 0 Å². The van der Waals surface area contributed by atoms with Gasteiger partial charge in [0.25, 0.3) is 11.8 Å². The molecule has 1 aromatic heterocycles. The van der Waals surface area contributed by atoms with E-state index in [0.29, 0.717) is 17.7 Å². The highest BCUT2D eigenvalue weighted by Crippen LogP contribution is 2.35. The Bertz CT molecular complexity index is 1050. The Morgan fingerprint density at radius 2 is 1.76 bits per heavy atom. The third-order valence-corrected chi connectivity index (χ3v) is 7.07. The van der Waals surface area contributed by atoms with E-state index in [1.807, 2.05) is 23.1 Å². The summed E-state index contributed by atoms with van der Waals surface area (Å²) in [6, 6.07) is 9.14. The molecule has 1 atom stereocenters. The average Bonchev–Trinajstić information content (AvgIpc) is 3.04. The van der Waals surface area contributed by atoms with Crippen molar-refractivity contribution in [3.63, 3.8) is 0 Å². The van der Waals surface area contributed by atoms with E-state index in [2.05, 4.69) is 9.88 Å². The SMILES string of the molecule is O=C([C@H]1CCCN(c2cccc3c2C(=O)N(Cc2cccnc2)C3=O)C1)N1CCCCCC1. The zero-order valence-electron chi connectivity index (χ0n) is 18.9. The molecule has 0 saturated carbocycles. The molecule has 0 aliphatic carbocycles. The molecule has 3 aliphatic rings. The number of fused-ring (bicyclic) bond motifs is 1. The van der Waals surface area contributed by atoms with Gasteiger partial charge in [0, 0.05) is 38.6 Å². The Labute approximate surface area is 194 Å². The zero-order valence-corrected chi connectivity index (χ0v) is 18.9. The molecule has 0 unspecified atom stereocenters. The topological polar surface area (TPSA) is 73.8 Å². The lowest BCUT2D eigenvalue weighted by Crippen LogP contribution is -2.45. The Morgan fingerprint density at radius 1 is 0.939 bits per heavy atom. The van der Waals surface area contributed by atoms with Gasteiger partial charge in [0.15, 0.2) is 0 Å². The normalized spacial score (nSPS) is 21.2. The fraction of sp³-hybridized carbons (Fsp3) is 0.462. The van der Waals surface area contributed by atoms with Gasteiger partial charge in [0.05, 0.1) is 29.3 Å². The number of piperidine rings is 1. The van der Waals surface area contributed by atoms with Crippen molar-refractivity contribution in [3.05, 3.63) is 59.4 Å². The second-order valence-electron chi connectivity index (χ2n) is 9.28. The van der Waals surface area contributed by atoms with Crippen LogP contribution in [0, 0.1) is 5.92 Å². The van der Waals surface area contributed by atoms with E-state index in [0.717, 1.165) is 56.6 Å². The van der Waals surface area contributed by atoms with Crippen molar-refractivity contribution in [2.75, 3.05) is 31.1 Å². The van der Waals surface area contributed by atoms with Crippen LogP contribution in [0.4, 0.5) is 5.69 Å². The number of aromatic nitrogens is 1. The maximum atomic E-state index is 13.4. The van der Waals surface area contributed by atoms with Crippen LogP contribution in [-0.2, 0) is 11.3 Å². The number of hydrogen-bond donors (Lipinski definition) is 0. The third-order valence-electron chi connectivity index (χ3n) is 7.07. The van der Waals surface area contributed by atoms with Crippen LogP contribution in [0.1, 0.15) is 64.8 Å². The number of pyridine rings is 1. The van der Waals surface area contributed by atoms with Crippen LogP contribution in [0.2, 0.25) is 0 Å². The summed E-state index contributed by atoms with van der Waals surface area (Å²) in [5, 5.41) is 0. The summed E-state index contributed by atoms with van der Waals surface area (Å²) >= 11 is 0. The summed E-state index contributed by atoms with van der Waals surface area (Å²) in [4.78, 5) is 49.3. The maximum Gasteiger partial charge on any atom is 0.263 e. The van der Waals surface area contributed by atoms with Crippen LogP contribution in [0.3, 0.4) is 0 Å². The predicted molar refractivity (Wildman–Crippen MR) is 125 cm³/mol. The van der Waals surface area contributed by atoms with Gasteiger partial charge < -0.3 is 9.80 Å². The van der Waals surface area contributed by atoms with Gasteiger partial charge in [-0.05, 0) is 49.4 Å². The lowest BCUT2D eigenvalue weighted by Gasteiger charge is -2.36. The molecular weight excluding hydrogens is 416 g/mol. The van der Waals surface area contributed by atoms with E-state index < -0.39 is 0 Å². The molecular formula is C26H30N4O3. The van der Waals surface area contributed by atoms with Gasteiger partial charge in [-0.25, -0.2) is 0 Å². The summed E-state index contributed by atoms with van der Waals surface area (Å²) in [5.41, 5.74) is 2.50. The van der Waals surface area contributed by atoms with Gasteiger partial charge in [0.2, 0.25) is 5.91 Å². The molecule has 33 heavy (non-hydrogen) atoms. The molecule has 2 fully saturated rings. The number of nitrogens with zero attached hydrogens (tertiary/aromatic N) is 4. The average molecular weight is 447 g/mol. The maximum absolute atomic E-state index is 13.4. The molecule has 0 N–H and O–H groups in total. The van der Waals surface area contributed by atoms with Crippen molar-refractivity contribution in [3.8, 4) is 0 Å². The number of likely N-dealkylation sites (tertiary alicyclic amines) is 1. The molecule has 0 radical (unpaired) electrons. The molecule has 0 bridgehead atoms. The van der Waals surface area contributed by atoms with Gasteiger partial charge >= 0.3 is 0 Å². The molecule has 3 aliphatic heterocycles. The van der Waals surface area contributed by atoms with E-state index in [-0.39, 0.29) is 30.2 Å². The van der Waals surface area contributed by atoms with E-state index in [4.69, 9.17) is 0 Å². The molecule has 3 amide bonds. The molecule has 7 heteroatoms. The Kier molecular flexibility index (Phi) is 6.11. The van der Waals surface area contributed by atoms with Gasteiger partial charge in [-0.3, -0.25) is 24.3 Å². The first-order chi connectivity index (χ1) is 16.1. The van der Waals surface area contributed by atoms with Crippen molar-refractivity contribution in [2.24, 2.45) is 5.92 Å². The van der Waals surface area contributed by atoms with Crippen LogP contribution in [-0.4, -0.2) is 58.7 Å². The fourth-order valence-electron chi connectivity index (χ4n) is 5.34. The van der Waals surface area contributed by atoms with Gasteiger partial charge in [-0.15, -0.1) is 0 Å². The lowest BCUT2D eigenvalue weighted by atomic mass is 9.94. The summed E-state index contributed by atoms with van der Waals surface area (Å²) in [6.07, 6.45) is 9.68. The van der Waals surface area contributed by atoms with Gasteiger partial charge in [-0.1, -0.05) is 25.0 Å². The van der Waals surface area contributed by atoms with Crippen molar-refractivity contribution in [1.29, 1.82) is 0 Å². The molecule has 4 heterocycles. The summed E-state index contributed by atoms with van der Waals surface area (Å²) in [5.74, 6) is -0.355. The molecule has 0 spiro atoms. The Hall–Kier alpha value is -3.22. The van der Waals surface area contributed by atoms with Crippen molar-refractivity contribution >= 4 is 23.4 Å². The number of carbonyl (C=O) groups excluding carboxylic acids is 3. The van der Waals surface area contributed by atoms with Crippen LogP contribution < -0.4 is 4.90 Å². The first-order valence-corrected chi connectivity index (χ1v) is 12.1. The molecule has 1 aromatic carbocycles. The lowest BCUT2D eigenvalue weighted by molar-refractivity contribution is -0.135. The number of amides is 3. The van der Waals surface area contributed by atoms with Crippen LogP contribution >= 0.6 is 0 Å². The van der Waals surface area contributed by atoms with Gasteiger partial charge in [-0.2, -0.15) is 0 Å². The zero-order chi connectivity index (χ0) is 22.8. The van der Waals surface area contributed by atoms with E-state index in [1.54, 1.807) is 24.5 Å². The largest absolute Gasteiger partial charge is 0.370 e. The quantitative estimate of drug-likeness (QED) is 0.672. The Balaban J connectivity index is 1.36. The monoisotopic (exact) mass is 446 g/mol. The summed E-state index contributed by atoms with van der Waals surface area (Å²) in [7, 11) is 0. The minimum atomic E-state index is -0.269. The van der Waals surface area contributed by atoms with Crippen LogP contribution in [0.5, 0.6) is 0 Å². The van der Waals surface area contributed by atoms with E-state index >= 15 is 0 Å². The first kappa shape index (κ1) is 21.6. The highest BCUT2D eigenvalue weighted by Gasteiger charge is 2.39. The number of anilines is 1. The molecule has 2 aromatic rings. The van der Waals surface area contributed by atoms with Crippen molar-refractivity contribution < 1.29 is 14.4 Å². The first-order valence-electron chi connectivity index (χ1n) is 12.1. The predicted octanol–water partition coefficient (Wildman–Crippen LogP) is 3.50. The summed E-state index contributed by atoms with van der Waals surface area (Å²) in [6.45, 7) is 3.29. The second kappa shape index (κ2) is 9.33. The van der Waals surface area contributed by atoms with Crippen molar-refractivity contribution in [2.45, 2.75) is 45.1 Å². The van der Waals surface area contributed by atoms with Crippen molar-refractivity contribution in [1.82, 2.24) is 14.8 Å². The molecule has 7 nitrogen and oxygen atoms in total. The fourth-order valence-corrected chi connectivity index (χ4v) is 5.34. The summed E-state index contributed by atoms with van der Waals surface area (Å²) < 4.78 is 0. The highest BCUT2D eigenvalue weighted by atomic mass is 16.2. The standard InChI is InChI=1S/C26H30N4O3/c31-24(28-13-3-1-2-4-14-28)20-9-7-15-29(18-20)22-11-5-10-21-23(22)26(33)30(25(21)32)17-19-8-6-12-27-16-19/h5-6,8,10-12,16,20H,1-4,7,9,13-15,17-18H2/t20-/m0/s1. The molecule has 5 rings (SSSR count). The van der Waals surface area contributed by atoms with Gasteiger partial charge in [0.1, 0.15) is 0 Å². The minimum Gasteiger partial charge on any atom is -0.370 e. The van der Waals surface area contributed by atoms with E-state index in [1.165, 1.54) is 17.7 Å². The van der Waals surface area contributed by atoms with E-state index in [9.17, 15) is 14.4 Å². The number of carbonyl (C=O) groups is 3. The second-order valence-corrected chi connectivity index (χ2v) is 9.28. The molecule has 2 saturated heterocycles. The smallest absolute Gasteiger partial charge is 0.263 e. The minimum absolute atomic E-state index is 0.0635. The Morgan fingerprint density at radius 3 is 2.52 bits per heavy atom. The third kappa shape index (κ3) is 4.24. The molecule has 172 valence electrons. The number of imide groups is 1. The van der Waals surface area contributed by atoms with Crippen LogP contribution in [0.15, 0.2) is 42.7 Å². The number of rotatable bonds is 4. The number of benzene rings is 1. The number of hydrogen-bond acceptors (Lipinski definition) is 5. The highest BCUT2D eigenvalue weighted by molar-refractivity contribution is 6.23.